The van der Waals surface area contributed by atoms with Crippen molar-refractivity contribution in [2.75, 3.05) is 26.2 Å². The van der Waals surface area contributed by atoms with Crippen molar-refractivity contribution >= 4 is 16.8 Å². The molecule has 0 atom stereocenters. The van der Waals surface area contributed by atoms with E-state index in [1.54, 1.807) is 0 Å². The van der Waals surface area contributed by atoms with Crippen LogP contribution in [0.1, 0.15) is 43.4 Å². The molecule has 5 nitrogen and oxygen atoms in total. The van der Waals surface area contributed by atoms with Crippen molar-refractivity contribution in [2.45, 2.75) is 47.1 Å². The molecule has 0 aliphatic carbocycles. The van der Waals surface area contributed by atoms with Gasteiger partial charge in [-0.25, -0.2) is 0 Å². The molecule has 1 aliphatic rings. The van der Waals surface area contributed by atoms with Crippen molar-refractivity contribution in [2.24, 2.45) is 5.92 Å². The fraction of sp³-hybridized carbons (Fsp3) is 0.545. The first-order valence-corrected chi connectivity index (χ1v) is 10.1. The number of rotatable bonds is 5. The second kappa shape index (κ2) is 8.26. The standard InChI is InChI=1S/C22H31N3O2/c1-5-17(6-2)22(27)25-11-9-24(10-12-25)14-19-13-18-8-7-15(3)16(4)20(18)23-21(19)26/h7-8,13,17H,5-6,9-12,14H2,1-4H3,(H,23,26). The second-order valence-electron chi connectivity index (χ2n) is 7.71. The molecule has 2 heterocycles. The first-order chi connectivity index (χ1) is 12.9. The van der Waals surface area contributed by atoms with E-state index in [1.807, 2.05) is 17.9 Å². The Labute approximate surface area is 161 Å². The van der Waals surface area contributed by atoms with Gasteiger partial charge in [-0.15, -0.1) is 0 Å². The van der Waals surface area contributed by atoms with Crippen molar-refractivity contribution in [1.82, 2.24) is 14.8 Å². The molecule has 5 heteroatoms. The number of amides is 1. The number of pyridine rings is 1. The van der Waals surface area contributed by atoms with Gasteiger partial charge in [0.2, 0.25) is 5.91 Å². The van der Waals surface area contributed by atoms with Crippen LogP contribution in [-0.2, 0) is 11.3 Å². The lowest BCUT2D eigenvalue weighted by Crippen LogP contribution is -2.50. The van der Waals surface area contributed by atoms with Gasteiger partial charge in [-0.05, 0) is 49.3 Å². The van der Waals surface area contributed by atoms with Crippen molar-refractivity contribution < 1.29 is 4.79 Å². The monoisotopic (exact) mass is 369 g/mol. The molecule has 1 aliphatic heterocycles. The highest BCUT2D eigenvalue weighted by atomic mass is 16.2. The van der Waals surface area contributed by atoms with Crippen molar-refractivity contribution in [1.29, 1.82) is 0 Å². The quantitative estimate of drug-likeness (QED) is 0.880. The molecule has 1 fully saturated rings. The summed E-state index contributed by atoms with van der Waals surface area (Å²) in [6.07, 6.45) is 1.81. The number of nitrogens with zero attached hydrogens (tertiary/aromatic N) is 2. The maximum Gasteiger partial charge on any atom is 0.252 e. The summed E-state index contributed by atoms with van der Waals surface area (Å²) in [6.45, 7) is 12.0. The molecule has 27 heavy (non-hydrogen) atoms. The summed E-state index contributed by atoms with van der Waals surface area (Å²) in [7, 11) is 0. The number of aryl methyl sites for hydroxylation is 2. The molecule has 146 valence electrons. The lowest BCUT2D eigenvalue weighted by Gasteiger charge is -2.36. The van der Waals surface area contributed by atoms with Crippen LogP contribution in [-0.4, -0.2) is 46.9 Å². The fourth-order valence-electron chi connectivity index (χ4n) is 3.95. The predicted molar refractivity (Wildman–Crippen MR) is 110 cm³/mol. The van der Waals surface area contributed by atoms with Crippen LogP contribution in [0.15, 0.2) is 23.0 Å². The molecule has 1 N–H and O–H groups in total. The number of carbonyl (C=O) groups is 1. The van der Waals surface area contributed by atoms with Gasteiger partial charge < -0.3 is 9.88 Å². The minimum atomic E-state index is -0.00765. The molecule has 0 spiro atoms. The van der Waals surface area contributed by atoms with Crippen molar-refractivity contribution in [3.05, 3.63) is 45.2 Å². The van der Waals surface area contributed by atoms with E-state index in [2.05, 4.69) is 42.8 Å². The van der Waals surface area contributed by atoms with Gasteiger partial charge in [0, 0.05) is 44.2 Å². The molecule has 1 amide bonds. The van der Waals surface area contributed by atoms with E-state index in [1.165, 1.54) is 5.56 Å². The first-order valence-electron chi connectivity index (χ1n) is 10.1. The van der Waals surface area contributed by atoms with Gasteiger partial charge in [-0.2, -0.15) is 0 Å². The van der Waals surface area contributed by atoms with Crippen LogP contribution in [0.25, 0.3) is 10.9 Å². The number of benzene rings is 1. The number of hydrogen-bond donors (Lipinski definition) is 1. The third kappa shape index (κ3) is 4.08. The highest BCUT2D eigenvalue weighted by Crippen LogP contribution is 2.20. The molecule has 2 aromatic rings. The Bertz CT molecular complexity index is 875. The maximum atomic E-state index is 12.6. The summed E-state index contributed by atoms with van der Waals surface area (Å²) in [5.41, 5.74) is 4.04. The van der Waals surface area contributed by atoms with Crippen molar-refractivity contribution in [3.63, 3.8) is 0 Å². The van der Waals surface area contributed by atoms with Gasteiger partial charge in [0.15, 0.2) is 0 Å². The fourth-order valence-corrected chi connectivity index (χ4v) is 3.95. The third-order valence-corrected chi connectivity index (χ3v) is 6.04. The molecular formula is C22H31N3O2. The zero-order chi connectivity index (χ0) is 19.6. The topological polar surface area (TPSA) is 56.4 Å². The van der Waals surface area contributed by atoms with Gasteiger partial charge in [-0.3, -0.25) is 14.5 Å². The average molecular weight is 370 g/mol. The molecule has 1 aromatic heterocycles. The minimum absolute atomic E-state index is 0.00765. The van der Waals surface area contributed by atoms with Crippen LogP contribution in [0, 0.1) is 19.8 Å². The van der Waals surface area contributed by atoms with Crippen LogP contribution in [0.4, 0.5) is 0 Å². The molecular weight excluding hydrogens is 338 g/mol. The minimum Gasteiger partial charge on any atom is -0.340 e. The van der Waals surface area contributed by atoms with Crippen LogP contribution in [0.2, 0.25) is 0 Å². The molecule has 1 aromatic carbocycles. The molecule has 0 radical (unpaired) electrons. The Hall–Kier alpha value is -2.14. The van der Waals surface area contributed by atoms with Crippen LogP contribution in [0.5, 0.6) is 0 Å². The second-order valence-corrected chi connectivity index (χ2v) is 7.71. The van der Waals surface area contributed by atoms with Crippen LogP contribution >= 0.6 is 0 Å². The number of aromatic amines is 1. The first kappa shape index (κ1) is 19.6. The van der Waals surface area contributed by atoms with Gasteiger partial charge in [0.1, 0.15) is 0 Å². The Balaban J connectivity index is 1.69. The molecule has 0 unspecified atom stereocenters. The zero-order valence-corrected chi connectivity index (χ0v) is 17.0. The van der Waals surface area contributed by atoms with Gasteiger partial charge in [0.25, 0.3) is 5.56 Å². The van der Waals surface area contributed by atoms with E-state index in [0.29, 0.717) is 6.54 Å². The van der Waals surface area contributed by atoms with E-state index >= 15 is 0 Å². The van der Waals surface area contributed by atoms with E-state index in [-0.39, 0.29) is 17.4 Å². The molecule has 0 saturated carbocycles. The number of nitrogens with one attached hydrogen (secondary N) is 1. The van der Waals surface area contributed by atoms with E-state index < -0.39 is 0 Å². The number of aromatic nitrogens is 1. The lowest BCUT2D eigenvalue weighted by atomic mass is 10.0. The van der Waals surface area contributed by atoms with E-state index in [9.17, 15) is 9.59 Å². The average Bonchev–Trinajstić information content (AvgIpc) is 2.67. The number of H-pyrrole nitrogens is 1. The largest absolute Gasteiger partial charge is 0.340 e. The Morgan fingerprint density at radius 2 is 1.78 bits per heavy atom. The zero-order valence-electron chi connectivity index (χ0n) is 17.0. The van der Waals surface area contributed by atoms with Gasteiger partial charge >= 0.3 is 0 Å². The summed E-state index contributed by atoms with van der Waals surface area (Å²) >= 11 is 0. The summed E-state index contributed by atoms with van der Waals surface area (Å²) < 4.78 is 0. The number of fused-ring (bicyclic) bond motifs is 1. The summed E-state index contributed by atoms with van der Waals surface area (Å²) in [5, 5.41) is 1.08. The lowest BCUT2D eigenvalue weighted by molar-refractivity contribution is -0.137. The third-order valence-electron chi connectivity index (χ3n) is 6.04. The molecule has 0 bridgehead atoms. The van der Waals surface area contributed by atoms with Gasteiger partial charge in [-0.1, -0.05) is 26.0 Å². The highest BCUT2D eigenvalue weighted by molar-refractivity contribution is 5.83. The van der Waals surface area contributed by atoms with Crippen molar-refractivity contribution in [3.8, 4) is 0 Å². The highest BCUT2D eigenvalue weighted by Gasteiger charge is 2.25. The smallest absolute Gasteiger partial charge is 0.252 e. The SMILES string of the molecule is CCC(CC)C(=O)N1CCN(Cc2cc3ccc(C)c(C)c3[nH]c2=O)CC1. The summed E-state index contributed by atoms with van der Waals surface area (Å²) in [5.74, 6) is 0.431. The summed E-state index contributed by atoms with van der Waals surface area (Å²) in [6, 6.07) is 6.19. The number of piperazine rings is 1. The predicted octanol–water partition coefficient (Wildman–Crippen LogP) is 3.23. The van der Waals surface area contributed by atoms with E-state index in [0.717, 1.165) is 61.1 Å². The Morgan fingerprint density at radius 1 is 1.11 bits per heavy atom. The van der Waals surface area contributed by atoms with Gasteiger partial charge in [0.05, 0.1) is 5.52 Å². The van der Waals surface area contributed by atoms with E-state index in [4.69, 9.17) is 0 Å². The Morgan fingerprint density at radius 3 is 2.41 bits per heavy atom. The van der Waals surface area contributed by atoms with Crippen LogP contribution < -0.4 is 5.56 Å². The maximum absolute atomic E-state index is 12.6. The molecule has 1 saturated heterocycles. The van der Waals surface area contributed by atoms with Crippen LogP contribution in [0.3, 0.4) is 0 Å². The Kier molecular flexibility index (Phi) is 6.00. The number of hydrogen-bond acceptors (Lipinski definition) is 3. The number of carbonyl (C=O) groups excluding carboxylic acids is 1. The summed E-state index contributed by atoms with van der Waals surface area (Å²) in [4.78, 5) is 32.4. The normalized spacial score (nSPS) is 15.7. The molecule has 3 rings (SSSR count).